The first-order chi connectivity index (χ1) is 6.81. The molecule has 0 aliphatic rings. The second-order valence-electron chi connectivity index (χ2n) is 3.17. The Morgan fingerprint density at radius 1 is 1.29 bits per heavy atom. The van der Waals surface area contributed by atoms with Crippen molar-refractivity contribution in [1.29, 1.82) is 0 Å². The molecule has 2 nitrogen and oxygen atoms in total. The first-order valence-corrected chi connectivity index (χ1v) is 4.49. The Morgan fingerprint density at radius 2 is 2.00 bits per heavy atom. The molecule has 1 atom stereocenters. The van der Waals surface area contributed by atoms with Gasteiger partial charge in [-0.05, 0) is 19.1 Å². The summed E-state index contributed by atoms with van der Waals surface area (Å²) in [6.45, 7) is 1.94. The minimum Gasteiger partial charge on any atom is -0.253 e. The van der Waals surface area contributed by atoms with E-state index in [2.05, 4.69) is 15.9 Å². The molecule has 2 rings (SSSR count). The van der Waals surface area contributed by atoms with Crippen molar-refractivity contribution < 1.29 is 0 Å². The number of hydrogen-bond donors (Lipinski definition) is 0. The Bertz CT molecular complexity index is 497. The average molecular weight is 182 g/mol. The van der Waals surface area contributed by atoms with E-state index in [1.165, 1.54) is 0 Å². The van der Waals surface area contributed by atoms with Crippen LogP contribution in [0.15, 0.2) is 30.5 Å². The molecule has 0 N–H and O–H groups in total. The predicted octanol–water partition coefficient (Wildman–Crippen LogP) is 2.37. The van der Waals surface area contributed by atoms with Crippen molar-refractivity contribution in [2.75, 3.05) is 0 Å². The lowest BCUT2D eigenvalue weighted by Gasteiger charge is -2.03. The van der Waals surface area contributed by atoms with Gasteiger partial charge in [-0.1, -0.05) is 18.1 Å². The zero-order valence-electron chi connectivity index (χ0n) is 7.94. The van der Waals surface area contributed by atoms with Gasteiger partial charge in [-0.15, -0.1) is 6.42 Å². The van der Waals surface area contributed by atoms with Crippen molar-refractivity contribution in [3.05, 3.63) is 36.2 Å². The topological polar surface area (TPSA) is 25.8 Å². The molecule has 0 radical (unpaired) electrons. The zero-order chi connectivity index (χ0) is 9.97. The van der Waals surface area contributed by atoms with E-state index >= 15 is 0 Å². The van der Waals surface area contributed by atoms with E-state index in [1.807, 2.05) is 31.2 Å². The summed E-state index contributed by atoms with van der Waals surface area (Å²) in [7, 11) is 0. The van der Waals surface area contributed by atoms with Gasteiger partial charge in [-0.25, -0.2) is 4.98 Å². The van der Waals surface area contributed by atoms with Crippen molar-refractivity contribution in [2.24, 2.45) is 0 Å². The SMILES string of the molecule is C#CC(C)c1cnc2ccccc2n1. The van der Waals surface area contributed by atoms with E-state index in [4.69, 9.17) is 6.42 Å². The molecule has 1 heterocycles. The Kier molecular flexibility index (Phi) is 2.16. The fraction of sp³-hybridized carbons (Fsp3) is 0.167. The number of hydrogen-bond acceptors (Lipinski definition) is 2. The highest BCUT2D eigenvalue weighted by Gasteiger charge is 2.04. The Morgan fingerprint density at radius 3 is 2.71 bits per heavy atom. The van der Waals surface area contributed by atoms with Gasteiger partial charge >= 0.3 is 0 Å². The van der Waals surface area contributed by atoms with Gasteiger partial charge in [-0.3, -0.25) is 4.98 Å². The molecule has 0 saturated heterocycles. The number of para-hydroxylation sites is 2. The van der Waals surface area contributed by atoms with Gasteiger partial charge in [0, 0.05) is 0 Å². The summed E-state index contributed by atoms with van der Waals surface area (Å²) in [5, 5.41) is 0. The first kappa shape index (κ1) is 8.71. The zero-order valence-corrected chi connectivity index (χ0v) is 7.94. The normalized spacial score (nSPS) is 12.3. The van der Waals surface area contributed by atoms with Crippen LogP contribution < -0.4 is 0 Å². The van der Waals surface area contributed by atoms with Crippen molar-refractivity contribution in [3.8, 4) is 12.3 Å². The van der Waals surface area contributed by atoms with Crippen LogP contribution in [0.3, 0.4) is 0 Å². The number of aromatic nitrogens is 2. The van der Waals surface area contributed by atoms with E-state index in [0.29, 0.717) is 0 Å². The third kappa shape index (κ3) is 1.45. The lowest BCUT2D eigenvalue weighted by Crippen LogP contribution is -1.95. The number of terminal acetylenes is 1. The highest BCUT2D eigenvalue weighted by atomic mass is 14.8. The molecule has 1 aromatic heterocycles. The van der Waals surface area contributed by atoms with Gasteiger partial charge in [0.1, 0.15) is 0 Å². The second kappa shape index (κ2) is 3.47. The molecule has 0 aliphatic carbocycles. The van der Waals surface area contributed by atoms with Crippen LogP contribution in [0.1, 0.15) is 18.5 Å². The van der Waals surface area contributed by atoms with E-state index in [-0.39, 0.29) is 5.92 Å². The van der Waals surface area contributed by atoms with E-state index in [9.17, 15) is 0 Å². The van der Waals surface area contributed by atoms with Crippen LogP contribution in [0.4, 0.5) is 0 Å². The summed E-state index contributed by atoms with van der Waals surface area (Å²) in [6, 6.07) is 7.77. The van der Waals surface area contributed by atoms with Crippen LogP contribution in [0.5, 0.6) is 0 Å². The maximum Gasteiger partial charge on any atom is 0.0890 e. The number of rotatable bonds is 1. The average Bonchev–Trinajstić information content (AvgIpc) is 2.27. The van der Waals surface area contributed by atoms with Crippen LogP contribution in [-0.4, -0.2) is 9.97 Å². The molecule has 0 fully saturated rings. The van der Waals surface area contributed by atoms with Crippen LogP contribution >= 0.6 is 0 Å². The van der Waals surface area contributed by atoms with Crippen LogP contribution in [0.25, 0.3) is 11.0 Å². The largest absolute Gasteiger partial charge is 0.253 e. The summed E-state index contributed by atoms with van der Waals surface area (Å²) in [5.74, 6) is 2.66. The summed E-state index contributed by atoms with van der Waals surface area (Å²) in [6.07, 6.45) is 7.07. The summed E-state index contributed by atoms with van der Waals surface area (Å²) >= 11 is 0. The molecule has 0 aliphatic heterocycles. The molecular weight excluding hydrogens is 172 g/mol. The van der Waals surface area contributed by atoms with Crippen molar-refractivity contribution in [1.82, 2.24) is 9.97 Å². The first-order valence-electron chi connectivity index (χ1n) is 4.49. The molecule has 0 saturated carbocycles. The van der Waals surface area contributed by atoms with Crippen LogP contribution in [0, 0.1) is 12.3 Å². The molecule has 2 aromatic rings. The van der Waals surface area contributed by atoms with Crippen molar-refractivity contribution in [3.63, 3.8) is 0 Å². The molecule has 68 valence electrons. The van der Waals surface area contributed by atoms with Crippen LogP contribution in [0.2, 0.25) is 0 Å². The molecule has 0 spiro atoms. The van der Waals surface area contributed by atoms with Gasteiger partial charge in [0.15, 0.2) is 0 Å². The van der Waals surface area contributed by atoms with Gasteiger partial charge in [-0.2, -0.15) is 0 Å². The Labute approximate surface area is 83.0 Å². The highest BCUT2D eigenvalue weighted by molar-refractivity contribution is 5.73. The number of nitrogens with zero attached hydrogens (tertiary/aromatic N) is 2. The minimum atomic E-state index is 0.0205. The molecule has 2 heteroatoms. The van der Waals surface area contributed by atoms with Gasteiger partial charge in [0.25, 0.3) is 0 Å². The quantitative estimate of drug-likeness (QED) is 0.633. The monoisotopic (exact) mass is 182 g/mol. The summed E-state index contributed by atoms with van der Waals surface area (Å²) in [4.78, 5) is 8.73. The molecule has 14 heavy (non-hydrogen) atoms. The Balaban J connectivity index is 2.58. The minimum absolute atomic E-state index is 0.0205. The highest BCUT2D eigenvalue weighted by Crippen LogP contribution is 2.14. The lowest BCUT2D eigenvalue weighted by atomic mass is 10.1. The summed E-state index contributed by atoms with van der Waals surface area (Å²) in [5.41, 5.74) is 2.65. The molecule has 1 unspecified atom stereocenters. The fourth-order valence-electron chi connectivity index (χ4n) is 1.27. The fourth-order valence-corrected chi connectivity index (χ4v) is 1.27. The van der Waals surface area contributed by atoms with Gasteiger partial charge < -0.3 is 0 Å². The molecular formula is C12H10N2. The second-order valence-corrected chi connectivity index (χ2v) is 3.17. The van der Waals surface area contributed by atoms with E-state index in [0.717, 1.165) is 16.7 Å². The van der Waals surface area contributed by atoms with Crippen molar-refractivity contribution in [2.45, 2.75) is 12.8 Å². The Hall–Kier alpha value is -1.88. The van der Waals surface area contributed by atoms with Crippen LogP contribution in [-0.2, 0) is 0 Å². The van der Waals surface area contributed by atoms with E-state index in [1.54, 1.807) is 6.20 Å². The number of benzene rings is 1. The maximum atomic E-state index is 5.33. The predicted molar refractivity (Wildman–Crippen MR) is 56.8 cm³/mol. The van der Waals surface area contributed by atoms with Gasteiger partial charge in [0.05, 0.1) is 28.8 Å². The lowest BCUT2D eigenvalue weighted by molar-refractivity contribution is 0.935. The molecule has 0 amide bonds. The third-order valence-corrected chi connectivity index (χ3v) is 2.16. The van der Waals surface area contributed by atoms with Crippen molar-refractivity contribution >= 4 is 11.0 Å². The number of fused-ring (bicyclic) bond motifs is 1. The van der Waals surface area contributed by atoms with Gasteiger partial charge in [0.2, 0.25) is 0 Å². The maximum absolute atomic E-state index is 5.33. The smallest absolute Gasteiger partial charge is 0.0890 e. The standard InChI is InChI=1S/C12H10N2/c1-3-9(2)12-8-13-10-6-4-5-7-11(10)14-12/h1,4-9H,2H3. The third-order valence-electron chi connectivity index (χ3n) is 2.16. The summed E-state index contributed by atoms with van der Waals surface area (Å²) < 4.78 is 0. The molecule has 1 aromatic carbocycles. The molecule has 0 bridgehead atoms. The van der Waals surface area contributed by atoms with E-state index < -0.39 is 0 Å².